The van der Waals surface area contributed by atoms with E-state index in [9.17, 15) is 21.6 Å². The van der Waals surface area contributed by atoms with Crippen molar-refractivity contribution in [2.24, 2.45) is 13.0 Å². The van der Waals surface area contributed by atoms with E-state index < -0.39 is 22.2 Å². The maximum absolute atomic E-state index is 12.7. The van der Waals surface area contributed by atoms with Gasteiger partial charge in [0.1, 0.15) is 12.4 Å². The molecule has 2 aromatic carbocycles. The third-order valence-electron chi connectivity index (χ3n) is 7.78. The first-order chi connectivity index (χ1) is 20.4. The zero-order valence-corrected chi connectivity index (χ0v) is 24.7. The summed E-state index contributed by atoms with van der Waals surface area (Å²) in [5.74, 6) is -0.777. The fourth-order valence-electron chi connectivity index (χ4n) is 5.51. The minimum Gasteiger partial charge on any atom is -0.492 e. The summed E-state index contributed by atoms with van der Waals surface area (Å²) >= 11 is 0. The maximum Gasteiger partial charge on any atom is 0.490 e. The Morgan fingerprint density at radius 2 is 1.81 bits per heavy atom. The van der Waals surface area contributed by atoms with Crippen LogP contribution in [0.5, 0.6) is 5.75 Å². The Kier molecular flexibility index (Phi) is 10.9. The molecular weight excluding hydrogens is 585 g/mol. The Balaban J connectivity index is 0.000000541. The summed E-state index contributed by atoms with van der Waals surface area (Å²) in [7, 11) is -1.93. The first-order valence-corrected chi connectivity index (χ1v) is 15.7. The van der Waals surface area contributed by atoms with E-state index in [0.29, 0.717) is 6.61 Å². The topological polar surface area (TPSA) is 123 Å². The van der Waals surface area contributed by atoms with Crippen LogP contribution in [0.15, 0.2) is 66.1 Å². The highest BCUT2D eigenvalue weighted by atomic mass is 32.2. The standard InChI is InChI=1S/C28H36N4O3S.C2HF3O2/c1-32-18-28(30-20-32)36(33,34)31-17-23-11-12-27-25(16-23)24(15-22-9-3-2-4-10-22)26(19-35-27)29-14-13-21-7-5-6-8-21;3-2(4,5)1(6)7/h2-4,9-12,16,18,20-21,24,26,29,31H,5-8,13-15,17,19H2,1H3;(H,6,7). The predicted octanol–water partition coefficient (Wildman–Crippen LogP) is 4.79. The van der Waals surface area contributed by atoms with E-state index >= 15 is 0 Å². The second-order valence-corrected chi connectivity index (χ2v) is 12.7. The van der Waals surface area contributed by atoms with Crippen molar-refractivity contribution in [2.45, 2.75) is 68.2 Å². The number of alkyl halides is 3. The van der Waals surface area contributed by atoms with Gasteiger partial charge in [0.05, 0.1) is 6.33 Å². The molecule has 9 nitrogen and oxygen atoms in total. The number of ether oxygens (including phenoxy) is 1. The fourth-order valence-corrected chi connectivity index (χ4v) is 6.51. The number of benzene rings is 2. The molecule has 1 aliphatic carbocycles. The number of fused-ring (bicyclic) bond motifs is 1. The minimum absolute atomic E-state index is 0.0276. The highest BCUT2D eigenvalue weighted by molar-refractivity contribution is 7.89. The van der Waals surface area contributed by atoms with Gasteiger partial charge in [0, 0.05) is 31.7 Å². The largest absolute Gasteiger partial charge is 0.492 e. The Morgan fingerprint density at radius 1 is 1.12 bits per heavy atom. The van der Waals surface area contributed by atoms with Gasteiger partial charge in [0.2, 0.25) is 0 Å². The van der Waals surface area contributed by atoms with Crippen molar-refractivity contribution in [3.8, 4) is 5.75 Å². The number of aryl methyl sites for hydroxylation is 1. The first-order valence-electron chi connectivity index (χ1n) is 14.2. The minimum atomic E-state index is -5.08. The Hall–Kier alpha value is -3.42. The van der Waals surface area contributed by atoms with Crippen LogP contribution >= 0.6 is 0 Å². The summed E-state index contributed by atoms with van der Waals surface area (Å²) in [5.41, 5.74) is 3.33. The summed E-state index contributed by atoms with van der Waals surface area (Å²) in [4.78, 5) is 12.9. The molecule has 2 heterocycles. The molecule has 234 valence electrons. The number of sulfonamides is 1. The van der Waals surface area contributed by atoms with E-state index in [0.717, 1.165) is 35.8 Å². The van der Waals surface area contributed by atoms with E-state index in [1.807, 2.05) is 18.2 Å². The quantitative estimate of drug-likeness (QED) is 0.297. The lowest BCUT2D eigenvalue weighted by Gasteiger charge is -2.35. The normalized spacial score (nSPS) is 18.8. The number of carboxylic acid groups (broad SMARTS) is 1. The van der Waals surface area contributed by atoms with E-state index in [-0.39, 0.29) is 23.5 Å². The van der Waals surface area contributed by atoms with Gasteiger partial charge in [-0.15, -0.1) is 0 Å². The van der Waals surface area contributed by atoms with Gasteiger partial charge in [-0.2, -0.15) is 13.2 Å². The highest BCUT2D eigenvalue weighted by Gasteiger charge is 2.38. The average Bonchev–Trinajstić information content (AvgIpc) is 3.66. The van der Waals surface area contributed by atoms with Crippen LogP contribution in [-0.2, 0) is 34.8 Å². The van der Waals surface area contributed by atoms with Crippen molar-refractivity contribution in [2.75, 3.05) is 13.2 Å². The van der Waals surface area contributed by atoms with Gasteiger partial charge in [-0.1, -0.05) is 68.1 Å². The molecule has 2 unspecified atom stereocenters. The number of hydrogen-bond donors (Lipinski definition) is 3. The summed E-state index contributed by atoms with van der Waals surface area (Å²) in [6.07, 6.45) is 5.48. The number of nitrogens with one attached hydrogen (secondary N) is 2. The lowest BCUT2D eigenvalue weighted by atomic mass is 9.83. The van der Waals surface area contributed by atoms with E-state index in [4.69, 9.17) is 14.6 Å². The van der Waals surface area contributed by atoms with E-state index in [2.05, 4.69) is 45.4 Å². The number of aliphatic carboxylic acids is 1. The zero-order valence-electron chi connectivity index (χ0n) is 23.9. The molecule has 1 aromatic heterocycles. The smallest absolute Gasteiger partial charge is 0.490 e. The molecule has 0 amide bonds. The molecule has 2 atom stereocenters. The first kappa shape index (κ1) is 32.5. The summed E-state index contributed by atoms with van der Waals surface area (Å²) in [6.45, 7) is 1.84. The highest BCUT2D eigenvalue weighted by Crippen LogP contribution is 2.37. The van der Waals surface area contributed by atoms with Crippen LogP contribution in [0.4, 0.5) is 13.2 Å². The third-order valence-corrected chi connectivity index (χ3v) is 9.06. The summed E-state index contributed by atoms with van der Waals surface area (Å²) in [5, 5.41) is 11.0. The Morgan fingerprint density at radius 3 is 2.44 bits per heavy atom. The monoisotopic (exact) mass is 622 g/mol. The number of aromatic nitrogens is 2. The van der Waals surface area contributed by atoms with Crippen LogP contribution in [0, 0.1) is 5.92 Å². The Labute approximate surface area is 249 Å². The second kappa shape index (κ2) is 14.4. The summed E-state index contributed by atoms with van der Waals surface area (Å²) < 4.78 is 67.6. The van der Waals surface area contributed by atoms with Gasteiger partial charge >= 0.3 is 12.1 Å². The molecule has 2 aliphatic rings. The van der Waals surface area contributed by atoms with Gasteiger partial charge in [-0.3, -0.25) is 0 Å². The number of halogens is 3. The van der Waals surface area contributed by atoms with Crippen molar-refractivity contribution in [1.82, 2.24) is 19.6 Å². The van der Waals surface area contributed by atoms with Gasteiger partial charge in [-0.25, -0.2) is 22.9 Å². The van der Waals surface area contributed by atoms with Crippen molar-refractivity contribution >= 4 is 16.0 Å². The van der Waals surface area contributed by atoms with Gasteiger partial charge in [-0.05, 0) is 48.1 Å². The molecule has 43 heavy (non-hydrogen) atoms. The lowest BCUT2D eigenvalue weighted by molar-refractivity contribution is -0.192. The van der Waals surface area contributed by atoms with Crippen LogP contribution in [0.3, 0.4) is 0 Å². The van der Waals surface area contributed by atoms with Crippen LogP contribution in [0.1, 0.15) is 54.7 Å². The number of hydrogen-bond acceptors (Lipinski definition) is 6. The van der Waals surface area contributed by atoms with E-state index in [1.54, 1.807) is 11.6 Å². The number of carboxylic acids is 1. The number of nitrogens with zero attached hydrogens (tertiary/aromatic N) is 2. The van der Waals surface area contributed by atoms with Gasteiger partial charge in [0.25, 0.3) is 10.0 Å². The van der Waals surface area contributed by atoms with Crippen molar-refractivity contribution < 1.29 is 36.2 Å². The fraction of sp³-hybridized carbons (Fsp3) is 0.467. The lowest BCUT2D eigenvalue weighted by Crippen LogP contribution is -2.44. The molecule has 5 rings (SSSR count). The molecule has 1 aliphatic heterocycles. The van der Waals surface area contributed by atoms with Crippen molar-refractivity contribution in [3.63, 3.8) is 0 Å². The molecule has 1 saturated carbocycles. The zero-order chi connectivity index (χ0) is 31.0. The molecule has 0 spiro atoms. The number of carbonyl (C=O) groups is 1. The van der Waals surface area contributed by atoms with Crippen molar-refractivity contribution in [1.29, 1.82) is 0 Å². The SMILES string of the molecule is Cn1cnc(S(=O)(=O)NCc2ccc3c(c2)C(Cc2ccccc2)C(NCCC2CCCC2)CO3)c1.O=C(O)C(F)(F)F. The third kappa shape index (κ3) is 9.28. The molecular formula is C30H37F3N4O5S. The molecule has 0 bridgehead atoms. The van der Waals surface area contributed by atoms with Crippen LogP contribution in [0.25, 0.3) is 0 Å². The second-order valence-electron chi connectivity index (χ2n) is 11.0. The molecule has 0 saturated heterocycles. The van der Waals surface area contributed by atoms with Crippen LogP contribution in [-0.4, -0.2) is 54.4 Å². The van der Waals surface area contributed by atoms with Crippen molar-refractivity contribution in [3.05, 3.63) is 77.7 Å². The van der Waals surface area contributed by atoms with E-state index in [1.165, 1.54) is 50.2 Å². The molecule has 3 N–H and O–H groups in total. The molecule has 13 heteroatoms. The summed E-state index contributed by atoms with van der Waals surface area (Å²) in [6, 6.07) is 16.8. The van der Waals surface area contributed by atoms with Gasteiger partial charge < -0.3 is 19.7 Å². The number of rotatable bonds is 10. The average molecular weight is 623 g/mol. The number of imidazole rings is 1. The maximum atomic E-state index is 12.7. The molecule has 0 radical (unpaired) electrons. The van der Waals surface area contributed by atoms with Crippen LogP contribution < -0.4 is 14.8 Å². The van der Waals surface area contributed by atoms with Crippen LogP contribution in [0.2, 0.25) is 0 Å². The predicted molar refractivity (Wildman–Crippen MR) is 154 cm³/mol. The van der Waals surface area contributed by atoms with Gasteiger partial charge in [0.15, 0.2) is 5.03 Å². The molecule has 3 aromatic rings. The Bertz CT molecular complexity index is 1460. The molecule has 1 fully saturated rings.